The molecule has 1 aliphatic rings. The number of hydrogen-bond acceptors (Lipinski definition) is 3. The van der Waals surface area contributed by atoms with E-state index in [9.17, 15) is 4.79 Å². The van der Waals surface area contributed by atoms with Gasteiger partial charge in [-0.15, -0.1) is 0 Å². The zero-order valence-corrected chi connectivity index (χ0v) is 14.0. The molecule has 124 valence electrons. The number of piperidine rings is 1. The van der Waals surface area contributed by atoms with Crippen LogP contribution in [0.25, 0.3) is 0 Å². The standard InChI is InChI=1S/C19H26N2O2/c1-3-4-5-10-19(22)20-17-11-13-21(14-12-17)15-16-8-6-7-9-18(16)23-2/h3-10,17H,11-15H2,1-2H3,(H,20,22)/b4-3+,10-5+. The second kappa shape index (κ2) is 9.16. The van der Waals surface area contributed by atoms with Crippen molar-refractivity contribution in [3.63, 3.8) is 0 Å². The lowest BCUT2D eigenvalue weighted by Crippen LogP contribution is -2.43. The number of rotatable bonds is 6. The second-order valence-electron chi connectivity index (χ2n) is 5.76. The Hall–Kier alpha value is -2.07. The smallest absolute Gasteiger partial charge is 0.244 e. The zero-order chi connectivity index (χ0) is 16.5. The minimum atomic E-state index is -0.00808. The molecule has 2 rings (SSSR count). The van der Waals surface area contributed by atoms with E-state index in [-0.39, 0.29) is 11.9 Å². The predicted octanol–water partition coefficient (Wildman–Crippen LogP) is 2.91. The van der Waals surface area contributed by atoms with E-state index in [2.05, 4.69) is 16.3 Å². The van der Waals surface area contributed by atoms with Crippen LogP contribution >= 0.6 is 0 Å². The lowest BCUT2D eigenvalue weighted by atomic mass is 10.0. The number of carbonyl (C=O) groups is 1. The summed E-state index contributed by atoms with van der Waals surface area (Å²) in [4.78, 5) is 14.2. The van der Waals surface area contributed by atoms with Gasteiger partial charge in [-0.1, -0.05) is 36.4 Å². The number of para-hydroxylation sites is 1. The van der Waals surface area contributed by atoms with Crippen LogP contribution in [-0.4, -0.2) is 37.0 Å². The molecule has 0 radical (unpaired) electrons. The van der Waals surface area contributed by atoms with Crippen LogP contribution in [0.2, 0.25) is 0 Å². The number of allylic oxidation sites excluding steroid dienone is 3. The van der Waals surface area contributed by atoms with E-state index in [0.717, 1.165) is 38.2 Å². The van der Waals surface area contributed by atoms with Gasteiger partial charge in [-0.05, 0) is 25.8 Å². The van der Waals surface area contributed by atoms with Gasteiger partial charge in [-0.25, -0.2) is 0 Å². The van der Waals surface area contributed by atoms with Crippen LogP contribution in [0.1, 0.15) is 25.3 Å². The summed E-state index contributed by atoms with van der Waals surface area (Å²) in [5.74, 6) is 0.934. The average molecular weight is 314 g/mol. The highest BCUT2D eigenvalue weighted by Crippen LogP contribution is 2.21. The van der Waals surface area contributed by atoms with Crippen molar-refractivity contribution in [1.82, 2.24) is 10.2 Å². The van der Waals surface area contributed by atoms with Crippen molar-refractivity contribution >= 4 is 5.91 Å². The number of benzene rings is 1. The highest BCUT2D eigenvalue weighted by molar-refractivity contribution is 5.87. The van der Waals surface area contributed by atoms with E-state index in [0.29, 0.717) is 0 Å². The van der Waals surface area contributed by atoms with Crippen molar-refractivity contribution in [2.24, 2.45) is 0 Å². The fourth-order valence-corrected chi connectivity index (χ4v) is 2.81. The molecule has 0 atom stereocenters. The summed E-state index contributed by atoms with van der Waals surface area (Å²) >= 11 is 0. The number of nitrogens with one attached hydrogen (secondary N) is 1. The van der Waals surface area contributed by atoms with Gasteiger partial charge in [0.1, 0.15) is 5.75 Å². The highest BCUT2D eigenvalue weighted by Gasteiger charge is 2.20. The Bertz CT molecular complexity index is 558. The molecule has 0 unspecified atom stereocenters. The van der Waals surface area contributed by atoms with E-state index < -0.39 is 0 Å². The van der Waals surface area contributed by atoms with Gasteiger partial charge >= 0.3 is 0 Å². The van der Waals surface area contributed by atoms with E-state index in [1.807, 2.05) is 37.3 Å². The molecule has 0 aliphatic carbocycles. The maximum Gasteiger partial charge on any atom is 0.244 e. The van der Waals surface area contributed by atoms with Crippen molar-refractivity contribution in [2.75, 3.05) is 20.2 Å². The Morgan fingerprint density at radius 2 is 2.04 bits per heavy atom. The molecule has 1 aliphatic heterocycles. The van der Waals surface area contributed by atoms with Crippen LogP contribution in [-0.2, 0) is 11.3 Å². The van der Waals surface area contributed by atoms with Crippen LogP contribution in [0.5, 0.6) is 5.75 Å². The number of nitrogens with zero attached hydrogens (tertiary/aromatic N) is 1. The SMILES string of the molecule is C/C=C/C=C/C(=O)NC1CCN(Cc2ccccc2OC)CC1. The number of methoxy groups -OCH3 is 1. The minimum absolute atomic E-state index is 0.00808. The number of likely N-dealkylation sites (tertiary alicyclic amines) is 1. The lowest BCUT2D eigenvalue weighted by molar-refractivity contribution is -0.117. The van der Waals surface area contributed by atoms with Crippen molar-refractivity contribution in [1.29, 1.82) is 0 Å². The molecule has 0 bridgehead atoms. The summed E-state index contributed by atoms with van der Waals surface area (Å²) in [6, 6.07) is 8.41. The average Bonchev–Trinajstić information content (AvgIpc) is 2.57. The third-order valence-corrected chi connectivity index (χ3v) is 4.07. The van der Waals surface area contributed by atoms with Gasteiger partial charge in [0.05, 0.1) is 7.11 Å². The normalized spacial score (nSPS) is 17.0. The number of hydrogen-bond donors (Lipinski definition) is 1. The highest BCUT2D eigenvalue weighted by atomic mass is 16.5. The lowest BCUT2D eigenvalue weighted by Gasteiger charge is -2.32. The molecule has 1 saturated heterocycles. The monoisotopic (exact) mass is 314 g/mol. The minimum Gasteiger partial charge on any atom is -0.496 e. The molecule has 1 fully saturated rings. The molecule has 23 heavy (non-hydrogen) atoms. The first kappa shape index (κ1) is 17.3. The van der Waals surface area contributed by atoms with Gasteiger partial charge < -0.3 is 10.1 Å². The van der Waals surface area contributed by atoms with Crippen LogP contribution in [0.15, 0.2) is 48.6 Å². The summed E-state index contributed by atoms with van der Waals surface area (Å²) in [6.45, 7) is 4.80. The maximum absolute atomic E-state index is 11.8. The fraction of sp³-hybridized carbons (Fsp3) is 0.421. The topological polar surface area (TPSA) is 41.6 Å². The number of amides is 1. The first-order valence-corrected chi connectivity index (χ1v) is 8.17. The van der Waals surface area contributed by atoms with Crippen LogP contribution in [0, 0.1) is 0 Å². The van der Waals surface area contributed by atoms with E-state index in [1.165, 1.54) is 5.56 Å². The van der Waals surface area contributed by atoms with Gasteiger partial charge in [-0.2, -0.15) is 0 Å². The van der Waals surface area contributed by atoms with Gasteiger partial charge in [-0.3, -0.25) is 9.69 Å². The molecule has 1 N–H and O–H groups in total. The van der Waals surface area contributed by atoms with E-state index in [4.69, 9.17) is 4.74 Å². The number of ether oxygens (including phenoxy) is 1. The van der Waals surface area contributed by atoms with Crippen molar-refractivity contribution in [2.45, 2.75) is 32.4 Å². The van der Waals surface area contributed by atoms with Crippen molar-refractivity contribution in [3.05, 3.63) is 54.1 Å². The molecular formula is C19H26N2O2. The molecule has 0 spiro atoms. The Balaban J connectivity index is 1.79. The predicted molar refractivity (Wildman–Crippen MR) is 93.4 cm³/mol. The first-order valence-electron chi connectivity index (χ1n) is 8.17. The molecular weight excluding hydrogens is 288 g/mol. The third-order valence-electron chi connectivity index (χ3n) is 4.07. The summed E-state index contributed by atoms with van der Waals surface area (Å²) in [5.41, 5.74) is 1.21. The summed E-state index contributed by atoms with van der Waals surface area (Å²) in [5, 5.41) is 3.07. The second-order valence-corrected chi connectivity index (χ2v) is 5.76. The molecule has 1 aromatic carbocycles. The maximum atomic E-state index is 11.8. The van der Waals surface area contributed by atoms with Crippen molar-refractivity contribution in [3.8, 4) is 5.75 Å². The molecule has 4 heteroatoms. The van der Waals surface area contributed by atoms with Gasteiger partial charge in [0.2, 0.25) is 5.91 Å². The Labute approximate surface area is 138 Å². The molecule has 0 saturated carbocycles. The van der Waals surface area contributed by atoms with Gasteiger partial charge in [0.25, 0.3) is 0 Å². The summed E-state index contributed by atoms with van der Waals surface area (Å²) in [6.07, 6.45) is 9.08. The van der Waals surface area contributed by atoms with Crippen molar-refractivity contribution < 1.29 is 9.53 Å². The Morgan fingerprint density at radius 1 is 1.30 bits per heavy atom. The molecule has 1 amide bonds. The molecule has 4 nitrogen and oxygen atoms in total. The number of carbonyl (C=O) groups excluding carboxylic acids is 1. The first-order chi connectivity index (χ1) is 11.2. The molecule has 0 aromatic heterocycles. The van der Waals surface area contributed by atoms with Crippen LogP contribution in [0.4, 0.5) is 0 Å². The summed E-state index contributed by atoms with van der Waals surface area (Å²) in [7, 11) is 1.71. The summed E-state index contributed by atoms with van der Waals surface area (Å²) < 4.78 is 5.41. The van der Waals surface area contributed by atoms with Gasteiger partial charge in [0, 0.05) is 37.3 Å². The van der Waals surface area contributed by atoms with Gasteiger partial charge in [0.15, 0.2) is 0 Å². The molecule has 1 heterocycles. The van der Waals surface area contributed by atoms with Crippen LogP contribution in [0.3, 0.4) is 0 Å². The van der Waals surface area contributed by atoms with E-state index in [1.54, 1.807) is 19.3 Å². The third kappa shape index (κ3) is 5.57. The van der Waals surface area contributed by atoms with E-state index >= 15 is 0 Å². The Morgan fingerprint density at radius 3 is 2.74 bits per heavy atom. The van der Waals surface area contributed by atoms with Crippen LogP contribution < -0.4 is 10.1 Å². The largest absolute Gasteiger partial charge is 0.496 e. The Kier molecular flexibility index (Phi) is 6.88. The zero-order valence-electron chi connectivity index (χ0n) is 14.0. The fourth-order valence-electron chi connectivity index (χ4n) is 2.81. The quantitative estimate of drug-likeness (QED) is 0.648. The molecule has 1 aromatic rings.